The fourth-order valence-corrected chi connectivity index (χ4v) is 3.79. The van der Waals surface area contributed by atoms with Crippen LogP contribution in [-0.2, 0) is 6.42 Å². The Balaban J connectivity index is 1.64. The summed E-state index contributed by atoms with van der Waals surface area (Å²) in [6.45, 7) is 0.895. The number of thioether (sulfide) groups is 1. The molecule has 1 aliphatic rings. The van der Waals surface area contributed by atoms with Crippen molar-refractivity contribution in [3.8, 4) is 5.75 Å². The van der Waals surface area contributed by atoms with Gasteiger partial charge in [-0.15, -0.1) is 11.8 Å². The van der Waals surface area contributed by atoms with E-state index >= 15 is 0 Å². The van der Waals surface area contributed by atoms with Crippen LogP contribution < -0.4 is 10.1 Å². The highest BCUT2D eigenvalue weighted by molar-refractivity contribution is 8.00. The maximum absolute atomic E-state index is 6.20. The Bertz CT molecular complexity index is 592. The van der Waals surface area contributed by atoms with Crippen molar-refractivity contribution in [1.82, 2.24) is 0 Å². The largest absolute Gasteiger partial charge is 0.497 e. The van der Waals surface area contributed by atoms with Gasteiger partial charge in [0, 0.05) is 22.8 Å². The molecule has 0 fully saturated rings. The molecule has 0 saturated heterocycles. The molecule has 20 heavy (non-hydrogen) atoms. The number of nitrogens with one attached hydrogen (secondary N) is 1. The van der Waals surface area contributed by atoms with Gasteiger partial charge in [-0.1, -0.05) is 29.8 Å². The summed E-state index contributed by atoms with van der Waals surface area (Å²) in [6, 6.07) is 14.3. The van der Waals surface area contributed by atoms with Crippen molar-refractivity contribution in [3.05, 3.63) is 53.1 Å². The van der Waals surface area contributed by atoms with Gasteiger partial charge in [-0.2, -0.15) is 0 Å². The Labute approximate surface area is 128 Å². The van der Waals surface area contributed by atoms with Crippen LogP contribution >= 0.6 is 23.4 Å². The van der Waals surface area contributed by atoms with Crippen molar-refractivity contribution in [3.63, 3.8) is 0 Å². The van der Waals surface area contributed by atoms with Crippen LogP contribution in [-0.4, -0.2) is 18.9 Å². The van der Waals surface area contributed by atoms with E-state index in [1.807, 2.05) is 30.0 Å². The number of anilines is 1. The van der Waals surface area contributed by atoms with E-state index in [0.29, 0.717) is 5.25 Å². The Morgan fingerprint density at radius 1 is 1.30 bits per heavy atom. The third kappa shape index (κ3) is 2.89. The summed E-state index contributed by atoms with van der Waals surface area (Å²) in [5.74, 6) is 0.819. The number of fused-ring (bicyclic) bond motifs is 1. The highest BCUT2D eigenvalue weighted by Gasteiger charge is 2.21. The molecule has 0 saturated carbocycles. The number of hydrogen-bond donors (Lipinski definition) is 1. The molecule has 2 nitrogen and oxygen atoms in total. The molecule has 1 aliphatic heterocycles. The molecule has 0 amide bonds. The molecule has 104 valence electrons. The Kier molecular flexibility index (Phi) is 4.08. The number of halogens is 1. The zero-order valence-electron chi connectivity index (χ0n) is 11.2. The Morgan fingerprint density at radius 2 is 2.15 bits per heavy atom. The molecule has 1 unspecified atom stereocenters. The molecule has 0 aromatic heterocycles. The van der Waals surface area contributed by atoms with E-state index in [4.69, 9.17) is 16.3 Å². The smallest absolute Gasteiger partial charge is 0.121 e. The summed E-state index contributed by atoms with van der Waals surface area (Å²) >= 11 is 8.14. The van der Waals surface area contributed by atoms with Crippen molar-refractivity contribution < 1.29 is 4.74 Å². The van der Waals surface area contributed by atoms with Gasteiger partial charge in [-0.3, -0.25) is 0 Å². The van der Waals surface area contributed by atoms with Crippen LogP contribution in [0.25, 0.3) is 0 Å². The van der Waals surface area contributed by atoms with E-state index in [2.05, 4.69) is 29.6 Å². The topological polar surface area (TPSA) is 21.3 Å². The van der Waals surface area contributed by atoms with Crippen molar-refractivity contribution in [2.24, 2.45) is 0 Å². The number of benzene rings is 2. The number of ether oxygens (including phenoxy) is 1. The number of methoxy groups -OCH3 is 1. The minimum absolute atomic E-state index is 0.551. The summed E-state index contributed by atoms with van der Waals surface area (Å²) in [5, 5.41) is 4.71. The van der Waals surface area contributed by atoms with Gasteiger partial charge >= 0.3 is 0 Å². The first-order chi connectivity index (χ1) is 9.76. The summed E-state index contributed by atoms with van der Waals surface area (Å²) in [5.41, 5.74) is 2.38. The van der Waals surface area contributed by atoms with E-state index < -0.39 is 0 Å². The third-order valence-electron chi connectivity index (χ3n) is 3.41. The Morgan fingerprint density at radius 3 is 2.95 bits per heavy atom. The lowest BCUT2D eigenvalue weighted by Gasteiger charge is -2.13. The van der Waals surface area contributed by atoms with Crippen LogP contribution in [0.4, 0.5) is 5.69 Å². The lowest BCUT2D eigenvalue weighted by atomic mass is 10.1. The van der Waals surface area contributed by atoms with Crippen molar-refractivity contribution in [2.45, 2.75) is 16.6 Å². The first-order valence-electron chi connectivity index (χ1n) is 6.58. The molecular weight excluding hydrogens is 290 g/mol. The average molecular weight is 306 g/mol. The second-order valence-electron chi connectivity index (χ2n) is 4.78. The molecule has 0 spiro atoms. The molecule has 2 aromatic rings. The van der Waals surface area contributed by atoms with Crippen molar-refractivity contribution >= 4 is 29.1 Å². The van der Waals surface area contributed by atoms with Gasteiger partial charge in [0.1, 0.15) is 5.75 Å². The quantitative estimate of drug-likeness (QED) is 0.900. The maximum Gasteiger partial charge on any atom is 0.121 e. The van der Waals surface area contributed by atoms with Gasteiger partial charge in [0.2, 0.25) is 0 Å². The minimum Gasteiger partial charge on any atom is -0.497 e. The van der Waals surface area contributed by atoms with Crippen LogP contribution in [0.3, 0.4) is 0 Å². The Hall–Kier alpha value is -1.32. The highest BCUT2D eigenvalue weighted by Crippen LogP contribution is 2.37. The maximum atomic E-state index is 6.20. The van der Waals surface area contributed by atoms with E-state index in [1.54, 1.807) is 7.11 Å². The average Bonchev–Trinajstić information content (AvgIpc) is 2.89. The van der Waals surface area contributed by atoms with Crippen molar-refractivity contribution in [2.75, 3.05) is 19.0 Å². The molecule has 1 N–H and O–H groups in total. The standard InChI is InChI=1S/C16H16ClNOS/c1-19-12-6-7-14(17)15(9-12)18-10-13-8-11-4-2-3-5-16(11)20-13/h2-7,9,13,18H,8,10H2,1H3. The summed E-state index contributed by atoms with van der Waals surface area (Å²) in [4.78, 5) is 1.40. The number of rotatable bonds is 4. The third-order valence-corrected chi connectivity index (χ3v) is 5.06. The van der Waals surface area contributed by atoms with Crippen molar-refractivity contribution in [1.29, 1.82) is 0 Å². The van der Waals surface area contributed by atoms with Gasteiger partial charge in [-0.25, -0.2) is 0 Å². The van der Waals surface area contributed by atoms with Gasteiger partial charge in [0.25, 0.3) is 0 Å². The van der Waals surface area contributed by atoms with E-state index in [1.165, 1.54) is 10.5 Å². The molecule has 0 radical (unpaired) electrons. The fraction of sp³-hybridized carbons (Fsp3) is 0.250. The van der Waals surface area contributed by atoms with E-state index in [-0.39, 0.29) is 0 Å². The molecule has 1 heterocycles. The van der Waals surface area contributed by atoms with Gasteiger partial charge in [0.15, 0.2) is 0 Å². The zero-order valence-corrected chi connectivity index (χ0v) is 12.8. The summed E-state index contributed by atoms with van der Waals surface area (Å²) in [7, 11) is 1.66. The molecule has 0 aliphatic carbocycles. The van der Waals surface area contributed by atoms with Crippen LogP contribution in [0, 0.1) is 0 Å². The number of hydrogen-bond acceptors (Lipinski definition) is 3. The first kappa shape index (κ1) is 13.7. The van der Waals surface area contributed by atoms with Crippen LogP contribution in [0.2, 0.25) is 5.02 Å². The van der Waals surface area contributed by atoms with E-state index in [9.17, 15) is 0 Å². The lowest BCUT2D eigenvalue weighted by Crippen LogP contribution is -2.16. The first-order valence-corrected chi connectivity index (χ1v) is 7.84. The van der Waals surface area contributed by atoms with Gasteiger partial charge in [0.05, 0.1) is 17.8 Å². The predicted octanol–water partition coefficient (Wildman–Crippen LogP) is 4.48. The second kappa shape index (κ2) is 5.98. The summed E-state index contributed by atoms with van der Waals surface area (Å²) in [6.07, 6.45) is 1.11. The predicted molar refractivity (Wildman–Crippen MR) is 86.3 cm³/mol. The molecule has 4 heteroatoms. The van der Waals surface area contributed by atoms with Crippen LogP contribution in [0.5, 0.6) is 5.75 Å². The van der Waals surface area contributed by atoms with Crippen LogP contribution in [0.15, 0.2) is 47.4 Å². The van der Waals surface area contributed by atoms with Crippen LogP contribution in [0.1, 0.15) is 5.56 Å². The monoisotopic (exact) mass is 305 g/mol. The zero-order chi connectivity index (χ0) is 13.9. The molecule has 0 bridgehead atoms. The lowest BCUT2D eigenvalue weighted by molar-refractivity contribution is 0.415. The molecule has 2 aromatic carbocycles. The van der Waals surface area contributed by atoms with Gasteiger partial charge in [-0.05, 0) is 30.2 Å². The molecule has 3 rings (SSSR count). The molecule has 1 atom stereocenters. The van der Waals surface area contributed by atoms with Gasteiger partial charge < -0.3 is 10.1 Å². The highest BCUT2D eigenvalue weighted by atomic mass is 35.5. The second-order valence-corrected chi connectivity index (χ2v) is 6.53. The van der Waals surface area contributed by atoms with E-state index in [0.717, 1.165) is 29.4 Å². The normalized spacial score (nSPS) is 16.8. The summed E-state index contributed by atoms with van der Waals surface area (Å²) < 4.78 is 5.23. The fourth-order valence-electron chi connectivity index (χ4n) is 2.36. The molecular formula is C16H16ClNOS. The SMILES string of the molecule is COc1ccc(Cl)c(NCC2Cc3ccccc3S2)c1. The minimum atomic E-state index is 0.551.